The van der Waals surface area contributed by atoms with E-state index >= 15 is 0 Å². The van der Waals surface area contributed by atoms with Gasteiger partial charge in [0.25, 0.3) is 0 Å². The van der Waals surface area contributed by atoms with Crippen LogP contribution in [0, 0.1) is 0 Å². The Hall–Kier alpha value is -1.38. The van der Waals surface area contributed by atoms with Crippen LogP contribution in [0.15, 0.2) is 30.3 Å². The third kappa shape index (κ3) is 3.34. The van der Waals surface area contributed by atoms with E-state index < -0.39 is 30.0 Å². The highest BCUT2D eigenvalue weighted by Crippen LogP contribution is 2.53. The van der Waals surface area contributed by atoms with Crippen LogP contribution in [0.4, 0.5) is 39.5 Å². The maximum Gasteiger partial charge on any atom is 0.460 e. The molecule has 0 radical (unpaired) electrons. The van der Waals surface area contributed by atoms with Gasteiger partial charge in [-0.2, -0.15) is 39.5 Å². The lowest BCUT2D eigenvalue weighted by atomic mass is 10.0. The highest BCUT2D eigenvalue weighted by atomic mass is 35.5. The normalized spacial score (nSPS) is 14.6. The van der Waals surface area contributed by atoms with E-state index in [0.717, 1.165) is 12.1 Å². The predicted molar refractivity (Wildman–Crippen MR) is 61.4 cm³/mol. The molecule has 0 heterocycles. The first-order valence-corrected chi connectivity index (χ1v) is 5.75. The molecule has 0 aliphatic rings. The van der Waals surface area contributed by atoms with Gasteiger partial charge < -0.3 is 0 Å². The lowest BCUT2D eigenvalue weighted by Gasteiger charge is -2.32. The van der Waals surface area contributed by atoms with Gasteiger partial charge in [-0.05, 0) is 23.8 Å². The van der Waals surface area contributed by atoms with Crippen molar-refractivity contribution in [3.63, 3.8) is 0 Å². The summed E-state index contributed by atoms with van der Waals surface area (Å²) in [5.41, 5.74) is -0.143. The average molecular weight is 357 g/mol. The van der Waals surface area contributed by atoms with Crippen LogP contribution in [0.5, 0.6) is 0 Å². The predicted octanol–water partition coefficient (Wildman–Crippen LogP) is 5.82. The number of hydrogen-bond donors (Lipinski definition) is 0. The number of halogens is 10. The van der Waals surface area contributed by atoms with E-state index in [1.54, 1.807) is 0 Å². The average Bonchev–Trinajstić information content (AvgIpc) is 2.36. The standard InChI is InChI=1S/C12H6ClF9/c13-8-3-1-7(2-4-8)5-6-9(14,15)10(16,17)11(18,19)12(20,21)22/h1-6H. The first kappa shape index (κ1) is 18.7. The van der Waals surface area contributed by atoms with Gasteiger partial charge in [-0.3, -0.25) is 0 Å². The van der Waals surface area contributed by atoms with Crippen molar-refractivity contribution < 1.29 is 39.5 Å². The smallest absolute Gasteiger partial charge is 0.195 e. The zero-order chi connectivity index (χ0) is 17.4. The van der Waals surface area contributed by atoms with Gasteiger partial charge in [-0.15, -0.1) is 0 Å². The molecule has 0 nitrogen and oxygen atoms in total. The maximum atomic E-state index is 13.1. The van der Waals surface area contributed by atoms with Crippen LogP contribution in [0.2, 0.25) is 5.02 Å². The summed E-state index contributed by atoms with van der Waals surface area (Å²) in [7, 11) is 0. The Balaban J connectivity index is 3.13. The molecular weight excluding hydrogens is 351 g/mol. The van der Waals surface area contributed by atoms with Gasteiger partial charge >= 0.3 is 23.9 Å². The van der Waals surface area contributed by atoms with Crippen LogP contribution < -0.4 is 0 Å². The molecule has 0 atom stereocenters. The fraction of sp³-hybridized carbons (Fsp3) is 0.333. The number of hydrogen-bond acceptors (Lipinski definition) is 0. The van der Waals surface area contributed by atoms with E-state index in [2.05, 4.69) is 0 Å². The highest BCUT2D eigenvalue weighted by Gasteiger charge is 2.81. The molecule has 0 N–H and O–H groups in total. The largest absolute Gasteiger partial charge is 0.460 e. The Bertz CT molecular complexity index is 543. The van der Waals surface area contributed by atoms with Gasteiger partial charge in [0.05, 0.1) is 0 Å². The van der Waals surface area contributed by atoms with Crippen molar-refractivity contribution in [3.8, 4) is 0 Å². The van der Waals surface area contributed by atoms with Gasteiger partial charge in [0, 0.05) is 5.02 Å². The lowest BCUT2D eigenvalue weighted by molar-refractivity contribution is -0.388. The Labute approximate surface area is 123 Å². The van der Waals surface area contributed by atoms with E-state index in [1.807, 2.05) is 0 Å². The van der Waals surface area contributed by atoms with Crippen LogP contribution >= 0.6 is 11.6 Å². The molecular formula is C12H6ClF9. The van der Waals surface area contributed by atoms with E-state index in [0.29, 0.717) is 0 Å². The van der Waals surface area contributed by atoms with E-state index in [1.165, 1.54) is 12.1 Å². The molecule has 0 bridgehead atoms. The molecule has 0 saturated heterocycles. The molecule has 0 unspecified atom stereocenters. The van der Waals surface area contributed by atoms with Crippen LogP contribution in [0.1, 0.15) is 5.56 Å². The molecule has 0 saturated carbocycles. The molecule has 0 spiro atoms. The number of benzene rings is 1. The van der Waals surface area contributed by atoms with E-state index in [4.69, 9.17) is 11.6 Å². The summed E-state index contributed by atoms with van der Waals surface area (Å²) in [6, 6.07) is 4.52. The fourth-order valence-corrected chi connectivity index (χ4v) is 1.39. The van der Waals surface area contributed by atoms with Crippen molar-refractivity contribution in [2.24, 2.45) is 0 Å². The zero-order valence-corrected chi connectivity index (χ0v) is 11.0. The lowest BCUT2D eigenvalue weighted by Crippen LogP contribution is -2.60. The molecule has 0 amide bonds. The first-order chi connectivity index (χ1) is 9.72. The second-order valence-electron chi connectivity index (χ2n) is 4.15. The molecule has 22 heavy (non-hydrogen) atoms. The second kappa shape index (κ2) is 5.68. The second-order valence-corrected chi connectivity index (χ2v) is 4.59. The van der Waals surface area contributed by atoms with Crippen molar-refractivity contribution >= 4 is 17.7 Å². The number of alkyl halides is 9. The Kier molecular flexibility index (Phi) is 4.82. The summed E-state index contributed by atoms with van der Waals surface area (Å²) in [6.07, 6.45) is -7.25. The molecule has 0 fully saturated rings. The van der Waals surface area contributed by atoms with Gasteiger partial charge in [0.15, 0.2) is 0 Å². The Morgan fingerprint density at radius 2 is 1.18 bits per heavy atom. The molecule has 0 aromatic heterocycles. The summed E-state index contributed by atoms with van der Waals surface area (Å²) in [5, 5.41) is 0.179. The van der Waals surface area contributed by atoms with Crippen LogP contribution in [-0.2, 0) is 0 Å². The minimum absolute atomic E-state index is 0.143. The molecule has 1 rings (SSSR count). The van der Waals surface area contributed by atoms with Crippen LogP contribution in [0.3, 0.4) is 0 Å². The molecule has 1 aromatic carbocycles. The van der Waals surface area contributed by atoms with Gasteiger partial charge in [-0.1, -0.05) is 29.8 Å². The summed E-state index contributed by atoms with van der Waals surface area (Å²) in [5.74, 6) is -19.3. The van der Waals surface area contributed by atoms with Crippen molar-refractivity contribution in [1.29, 1.82) is 0 Å². The van der Waals surface area contributed by atoms with Crippen molar-refractivity contribution in [2.75, 3.05) is 0 Å². The summed E-state index contributed by atoms with van der Waals surface area (Å²) < 4.78 is 113. The van der Waals surface area contributed by atoms with Crippen molar-refractivity contribution in [2.45, 2.75) is 23.9 Å². The summed E-state index contributed by atoms with van der Waals surface area (Å²) in [4.78, 5) is 0. The minimum atomic E-state index is -6.90. The van der Waals surface area contributed by atoms with Crippen molar-refractivity contribution in [3.05, 3.63) is 40.9 Å². The Morgan fingerprint density at radius 1 is 0.727 bits per heavy atom. The minimum Gasteiger partial charge on any atom is -0.195 e. The molecule has 0 aliphatic heterocycles. The van der Waals surface area contributed by atoms with Gasteiger partial charge in [0.1, 0.15) is 0 Å². The molecule has 0 aliphatic carbocycles. The summed E-state index contributed by atoms with van der Waals surface area (Å²) in [6.45, 7) is 0. The third-order valence-corrected chi connectivity index (χ3v) is 2.78. The molecule has 1 aromatic rings. The summed E-state index contributed by atoms with van der Waals surface area (Å²) >= 11 is 5.47. The van der Waals surface area contributed by atoms with Gasteiger partial charge in [0.2, 0.25) is 0 Å². The number of allylic oxidation sites excluding steroid dienone is 1. The van der Waals surface area contributed by atoms with Crippen LogP contribution in [0.25, 0.3) is 6.08 Å². The third-order valence-electron chi connectivity index (χ3n) is 2.52. The Morgan fingerprint density at radius 3 is 1.59 bits per heavy atom. The quantitative estimate of drug-likeness (QED) is 0.596. The molecule has 10 heteroatoms. The van der Waals surface area contributed by atoms with Gasteiger partial charge in [-0.25, -0.2) is 0 Å². The van der Waals surface area contributed by atoms with E-state index in [9.17, 15) is 39.5 Å². The number of rotatable bonds is 4. The zero-order valence-electron chi connectivity index (χ0n) is 10.2. The first-order valence-electron chi connectivity index (χ1n) is 5.37. The highest BCUT2D eigenvalue weighted by molar-refractivity contribution is 6.30. The molecule has 124 valence electrons. The van der Waals surface area contributed by atoms with E-state index in [-0.39, 0.29) is 16.7 Å². The van der Waals surface area contributed by atoms with Crippen LogP contribution in [-0.4, -0.2) is 23.9 Å². The van der Waals surface area contributed by atoms with Crippen molar-refractivity contribution in [1.82, 2.24) is 0 Å². The SMILES string of the molecule is FC(F)(F)C(F)(F)C(F)(F)C(F)(F)C=Cc1ccc(Cl)cc1. The topological polar surface area (TPSA) is 0 Å². The maximum absolute atomic E-state index is 13.1. The monoisotopic (exact) mass is 356 g/mol. The fourth-order valence-electron chi connectivity index (χ4n) is 1.27.